The van der Waals surface area contributed by atoms with Gasteiger partial charge in [0.1, 0.15) is 16.9 Å². The van der Waals surface area contributed by atoms with Crippen molar-refractivity contribution in [3.8, 4) is 0 Å². The number of carbonyl (C=O) groups is 1. The number of aromatic nitrogens is 3. The number of furan rings is 2. The molecular weight excluding hydrogens is 382 g/mol. The minimum absolute atomic E-state index is 0.107. The summed E-state index contributed by atoms with van der Waals surface area (Å²) in [5, 5.41) is 0.782. The van der Waals surface area contributed by atoms with Crippen LogP contribution in [0.15, 0.2) is 68.7 Å². The van der Waals surface area contributed by atoms with E-state index >= 15 is 0 Å². The van der Waals surface area contributed by atoms with E-state index in [-0.39, 0.29) is 23.5 Å². The van der Waals surface area contributed by atoms with E-state index in [1.165, 1.54) is 10.9 Å². The third-order valence-corrected chi connectivity index (χ3v) is 5.43. The van der Waals surface area contributed by atoms with E-state index in [4.69, 9.17) is 8.83 Å². The Balaban J connectivity index is 1.48. The Labute approximate surface area is 171 Å². The Hall–Kier alpha value is -3.87. The van der Waals surface area contributed by atoms with Crippen LogP contribution in [0.25, 0.3) is 22.1 Å². The number of nitrogens with zero attached hydrogens (tertiary/aromatic N) is 3. The van der Waals surface area contributed by atoms with Crippen molar-refractivity contribution in [2.24, 2.45) is 0 Å². The van der Waals surface area contributed by atoms with Gasteiger partial charge in [0.2, 0.25) is 5.58 Å². The van der Waals surface area contributed by atoms with E-state index in [1.54, 1.807) is 12.3 Å². The fraction of sp³-hybridized carbons (Fsp3) is 0.174. The first-order valence-electron chi connectivity index (χ1n) is 9.62. The summed E-state index contributed by atoms with van der Waals surface area (Å²) in [7, 11) is 0. The molecule has 0 aliphatic heterocycles. The summed E-state index contributed by atoms with van der Waals surface area (Å²) < 4.78 is 14.4. The number of ketones is 1. The van der Waals surface area contributed by atoms with Crippen molar-refractivity contribution < 1.29 is 13.6 Å². The third-order valence-electron chi connectivity index (χ3n) is 5.43. The zero-order valence-corrected chi connectivity index (χ0v) is 16.6. The summed E-state index contributed by atoms with van der Waals surface area (Å²) in [6.45, 7) is 4.28. The molecule has 0 fully saturated rings. The smallest absolute Gasteiger partial charge is 0.297 e. The molecule has 0 bridgehead atoms. The van der Waals surface area contributed by atoms with Crippen molar-refractivity contribution in [2.45, 2.75) is 26.9 Å². The summed E-state index contributed by atoms with van der Waals surface area (Å²) in [5.41, 5.74) is 3.27. The van der Waals surface area contributed by atoms with Crippen LogP contribution in [-0.4, -0.2) is 19.9 Å². The Bertz CT molecular complexity index is 1450. The minimum Gasteiger partial charge on any atom is -0.467 e. The molecule has 0 saturated carbocycles. The molecule has 5 aromatic rings. The fourth-order valence-electron chi connectivity index (χ4n) is 3.85. The zero-order chi connectivity index (χ0) is 20.8. The van der Waals surface area contributed by atoms with Crippen LogP contribution >= 0.6 is 0 Å². The van der Waals surface area contributed by atoms with Gasteiger partial charge in [0.05, 0.1) is 25.7 Å². The third kappa shape index (κ3) is 2.86. The molecule has 0 radical (unpaired) electrons. The molecule has 7 heteroatoms. The quantitative estimate of drug-likeness (QED) is 0.414. The number of benzene rings is 1. The minimum atomic E-state index is -0.367. The largest absolute Gasteiger partial charge is 0.467 e. The maximum absolute atomic E-state index is 13.0. The van der Waals surface area contributed by atoms with Gasteiger partial charge in [-0.3, -0.25) is 14.2 Å². The molecule has 0 unspecified atom stereocenters. The molecule has 4 heterocycles. The first-order valence-corrected chi connectivity index (χ1v) is 9.62. The van der Waals surface area contributed by atoms with Gasteiger partial charge in [0.25, 0.3) is 5.56 Å². The molecule has 0 atom stereocenters. The lowest BCUT2D eigenvalue weighted by Gasteiger charge is -2.08. The zero-order valence-electron chi connectivity index (χ0n) is 16.6. The lowest BCUT2D eigenvalue weighted by atomic mass is 10.1. The van der Waals surface area contributed by atoms with Crippen molar-refractivity contribution in [3.05, 3.63) is 88.1 Å². The van der Waals surface area contributed by atoms with Gasteiger partial charge in [-0.1, -0.05) is 12.1 Å². The van der Waals surface area contributed by atoms with Crippen LogP contribution in [0.5, 0.6) is 0 Å². The van der Waals surface area contributed by atoms with Crippen LogP contribution < -0.4 is 5.56 Å². The van der Waals surface area contributed by atoms with Crippen LogP contribution in [0.2, 0.25) is 0 Å². The molecule has 7 nitrogen and oxygen atoms in total. The average molecular weight is 401 g/mol. The molecule has 0 saturated heterocycles. The normalized spacial score (nSPS) is 11.5. The van der Waals surface area contributed by atoms with Gasteiger partial charge < -0.3 is 13.4 Å². The second-order valence-corrected chi connectivity index (χ2v) is 7.33. The van der Waals surface area contributed by atoms with Crippen LogP contribution in [-0.2, 0) is 13.1 Å². The standard InChI is InChI=1S/C23H19N3O4/c1-14-10-18(15(2)26(14)11-16-6-5-9-29-16)19(27)12-25-13-24-21-17-7-3-4-8-20(17)30-22(21)23(25)28/h3-10,13H,11-12H2,1-2H3. The number of rotatable bonds is 5. The maximum Gasteiger partial charge on any atom is 0.297 e. The van der Waals surface area contributed by atoms with Crippen LogP contribution in [0, 0.1) is 13.8 Å². The number of carbonyl (C=O) groups excluding carboxylic acids is 1. The average Bonchev–Trinajstić information content (AvgIpc) is 3.45. The molecule has 1 aromatic carbocycles. The van der Waals surface area contributed by atoms with E-state index in [0.717, 1.165) is 22.5 Å². The highest BCUT2D eigenvalue weighted by Gasteiger charge is 2.19. The number of hydrogen-bond acceptors (Lipinski definition) is 5. The molecule has 150 valence electrons. The topological polar surface area (TPSA) is 83.2 Å². The summed E-state index contributed by atoms with van der Waals surface area (Å²) in [4.78, 5) is 30.3. The SMILES string of the molecule is Cc1cc(C(=O)Cn2cnc3c(oc4ccccc43)c2=O)c(C)n1Cc1ccco1. The summed E-state index contributed by atoms with van der Waals surface area (Å²) in [6.07, 6.45) is 3.04. The first kappa shape index (κ1) is 18.2. The van der Waals surface area contributed by atoms with E-state index in [2.05, 4.69) is 4.98 Å². The fourth-order valence-corrected chi connectivity index (χ4v) is 3.85. The molecule has 30 heavy (non-hydrogen) atoms. The monoisotopic (exact) mass is 401 g/mol. The Morgan fingerprint density at radius 3 is 2.77 bits per heavy atom. The van der Waals surface area contributed by atoms with Gasteiger partial charge in [-0.15, -0.1) is 0 Å². The molecule has 0 aliphatic carbocycles. The molecule has 0 aliphatic rings. The second kappa shape index (κ2) is 6.88. The highest BCUT2D eigenvalue weighted by Crippen LogP contribution is 2.24. The van der Waals surface area contributed by atoms with Gasteiger partial charge in [0, 0.05) is 22.3 Å². The van der Waals surface area contributed by atoms with Gasteiger partial charge in [0.15, 0.2) is 5.78 Å². The number of Topliss-reactive ketones (excluding diaryl/α,β-unsaturated/α-hetero) is 1. The van der Waals surface area contributed by atoms with Crippen LogP contribution in [0.3, 0.4) is 0 Å². The lowest BCUT2D eigenvalue weighted by Crippen LogP contribution is -2.24. The predicted octanol–water partition coefficient (Wildman–Crippen LogP) is 4.09. The van der Waals surface area contributed by atoms with Crippen LogP contribution in [0.1, 0.15) is 27.5 Å². The molecule has 4 aromatic heterocycles. The summed E-state index contributed by atoms with van der Waals surface area (Å²) >= 11 is 0. The Morgan fingerprint density at radius 2 is 1.97 bits per heavy atom. The van der Waals surface area contributed by atoms with E-state index in [9.17, 15) is 9.59 Å². The molecule has 0 spiro atoms. The number of aryl methyl sites for hydroxylation is 1. The van der Waals surface area contributed by atoms with Crippen molar-refractivity contribution in [1.29, 1.82) is 0 Å². The van der Waals surface area contributed by atoms with Crippen molar-refractivity contribution in [3.63, 3.8) is 0 Å². The van der Waals surface area contributed by atoms with E-state index in [1.807, 2.05) is 54.8 Å². The predicted molar refractivity (Wildman–Crippen MR) is 112 cm³/mol. The van der Waals surface area contributed by atoms with Gasteiger partial charge in [-0.25, -0.2) is 4.98 Å². The number of hydrogen-bond donors (Lipinski definition) is 0. The molecule has 0 N–H and O–H groups in total. The van der Waals surface area contributed by atoms with E-state index < -0.39 is 0 Å². The first-order chi connectivity index (χ1) is 14.5. The highest BCUT2D eigenvalue weighted by molar-refractivity contribution is 6.02. The van der Waals surface area contributed by atoms with Gasteiger partial charge >= 0.3 is 0 Å². The lowest BCUT2D eigenvalue weighted by molar-refractivity contribution is 0.0970. The summed E-state index contributed by atoms with van der Waals surface area (Å²) in [5.74, 6) is 0.653. The summed E-state index contributed by atoms with van der Waals surface area (Å²) in [6, 6.07) is 12.9. The van der Waals surface area contributed by atoms with Crippen molar-refractivity contribution in [1.82, 2.24) is 14.1 Å². The maximum atomic E-state index is 13.0. The molecule has 0 amide bonds. The molecule has 5 rings (SSSR count). The van der Waals surface area contributed by atoms with Crippen LogP contribution in [0.4, 0.5) is 0 Å². The van der Waals surface area contributed by atoms with E-state index in [0.29, 0.717) is 23.2 Å². The van der Waals surface area contributed by atoms with Gasteiger partial charge in [-0.2, -0.15) is 0 Å². The van der Waals surface area contributed by atoms with Gasteiger partial charge in [-0.05, 0) is 44.2 Å². The Morgan fingerprint density at radius 1 is 1.13 bits per heavy atom. The highest BCUT2D eigenvalue weighted by atomic mass is 16.3. The number of fused-ring (bicyclic) bond motifs is 3. The van der Waals surface area contributed by atoms with Crippen molar-refractivity contribution >= 4 is 27.9 Å². The second-order valence-electron chi connectivity index (χ2n) is 7.33. The van der Waals surface area contributed by atoms with Crippen molar-refractivity contribution in [2.75, 3.05) is 0 Å². The molecular formula is C23H19N3O4. The Kier molecular flexibility index (Phi) is 4.17. The number of para-hydroxylation sites is 1.